The zero-order chi connectivity index (χ0) is 37.1. The summed E-state index contributed by atoms with van der Waals surface area (Å²) in [5.74, 6) is 0.502. The van der Waals surface area contributed by atoms with Gasteiger partial charge in [-0.1, -0.05) is 190 Å². The van der Waals surface area contributed by atoms with Gasteiger partial charge < -0.3 is 5.73 Å². The number of fused-ring (bicyclic) bond motifs is 8. The van der Waals surface area contributed by atoms with E-state index in [1.165, 1.54) is 65.9 Å². The van der Waals surface area contributed by atoms with Crippen molar-refractivity contribution in [1.82, 2.24) is 0 Å². The van der Waals surface area contributed by atoms with Crippen LogP contribution in [0, 0.1) is 0 Å². The Kier molecular flexibility index (Phi) is 7.74. The Labute approximate surface area is 321 Å². The molecule has 2 heteroatoms. The summed E-state index contributed by atoms with van der Waals surface area (Å²) in [5.41, 5.74) is 18.8. The Morgan fingerprint density at radius 1 is 0.509 bits per heavy atom. The van der Waals surface area contributed by atoms with Gasteiger partial charge in [-0.2, -0.15) is 0 Å². The average Bonchev–Trinajstić information content (AvgIpc) is 3.47. The Bertz CT molecular complexity index is 3040. The molecule has 0 aliphatic heterocycles. The first-order valence-electron chi connectivity index (χ1n) is 19.1. The number of nitrogens with two attached hydrogens (primary N) is 1. The van der Waals surface area contributed by atoms with Gasteiger partial charge in [-0.3, -0.25) is 0 Å². The highest BCUT2D eigenvalue weighted by Gasteiger charge is 2.37. The van der Waals surface area contributed by atoms with Gasteiger partial charge in [0.15, 0.2) is 0 Å². The minimum atomic E-state index is -0.136. The fourth-order valence-corrected chi connectivity index (χ4v) is 9.07. The van der Waals surface area contributed by atoms with E-state index < -0.39 is 0 Å². The normalized spacial score (nSPS) is 13.8. The van der Waals surface area contributed by atoms with Crippen molar-refractivity contribution < 1.29 is 0 Å². The number of allylic oxidation sites excluding steroid dienone is 1. The fourth-order valence-electron chi connectivity index (χ4n) is 9.07. The van der Waals surface area contributed by atoms with Crippen LogP contribution in [0.4, 0.5) is 0 Å². The van der Waals surface area contributed by atoms with Crippen LogP contribution in [-0.2, 0) is 11.8 Å². The number of hydrogen-bond donors (Lipinski definition) is 1. The van der Waals surface area contributed by atoms with E-state index in [-0.39, 0.29) is 5.41 Å². The van der Waals surface area contributed by atoms with Crippen molar-refractivity contribution in [3.8, 4) is 22.3 Å². The maximum atomic E-state index is 6.98. The molecule has 0 saturated heterocycles. The average molecular weight is 705 g/mol. The molecule has 0 bridgehead atoms. The second kappa shape index (κ2) is 13.0. The number of aliphatic imine (C=N–C) groups is 1. The third-order valence-electron chi connectivity index (χ3n) is 11.7. The zero-order valence-corrected chi connectivity index (χ0v) is 31.1. The molecule has 0 unspecified atom stereocenters. The molecular formula is C53H40N2. The topological polar surface area (TPSA) is 38.4 Å². The third-order valence-corrected chi connectivity index (χ3v) is 11.7. The second-order valence-corrected chi connectivity index (χ2v) is 15.3. The number of benzene rings is 9. The Balaban J connectivity index is 1.12. The summed E-state index contributed by atoms with van der Waals surface area (Å²) in [4.78, 5) is 5.28. The quantitative estimate of drug-likeness (QED) is 0.136. The van der Waals surface area contributed by atoms with E-state index in [9.17, 15) is 0 Å². The summed E-state index contributed by atoms with van der Waals surface area (Å²) in [6.07, 6.45) is 2.97. The minimum absolute atomic E-state index is 0.136. The molecule has 0 atom stereocenters. The van der Waals surface area contributed by atoms with Crippen molar-refractivity contribution >= 4 is 54.6 Å². The molecule has 2 N–H and O–H groups in total. The number of hydrogen-bond acceptors (Lipinski definition) is 1. The standard InChI is InChI=1S/C53H40N2/c1-53(2)49-33-38(26-28-45(49)47-29-25-37-15-5-8-21-42(37)51(47)53)41-30-31-46(44-23-10-9-22-43(41)44)50(32-27-36-17-11-16-34-13-3-6-19-39(34)36)55-52(54)48-24-12-18-35-14-4-7-20-40(35)48/h3-26,28-33H,27H2,1-2H3,(H2,54,55)/b50-32-. The van der Waals surface area contributed by atoms with E-state index in [0.717, 1.165) is 33.0 Å². The number of rotatable bonds is 6. The maximum Gasteiger partial charge on any atom is 0.131 e. The minimum Gasteiger partial charge on any atom is -0.383 e. The predicted octanol–water partition coefficient (Wildman–Crippen LogP) is 13.3. The Morgan fingerprint density at radius 3 is 1.87 bits per heavy atom. The summed E-state index contributed by atoms with van der Waals surface area (Å²) in [5, 5.41) is 9.68. The van der Waals surface area contributed by atoms with Gasteiger partial charge in [-0.25, -0.2) is 4.99 Å². The molecule has 0 fully saturated rings. The molecule has 0 amide bonds. The van der Waals surface area contributed by atoms with E-state index in [2.05, 4.69) is 196 Å². The lowest BCUT2D eigenvalue weighted by atomic mass is 9.79. The molecule has 55 heavy (non-hydrogen) atoms. The number of nitrogens with zero attached hydrogens (tertiary/aromatic N) is 1. The highest BCUT2D eigenvalue weighted by atomic mass is 14.9. The largest absolute Gasteiger partial charge is 0.383 e. The molecule has 9 aromatic carbocycles. The van der Waals surface area contributed by atoms with Crippen LogP contribution in [0.2, 0.25) is 0 Å². The SMILES string of the molecule is CC1(C)c2cc(-c3ccc(/C(=C/Cc4cccc5ccccc45)N=C(N)c4cccc5ccccc45)c4ccccc34)ccc2-c2ccc3ccccc3c21. The molecule has 262 valence electrons. The van der Waals surface area contributed by atoms with Gasteiger partial charge in [0.2, 0.25) is 0 Å². The van der Waals surface area contributed by atoms with Crippen molar-refractivity contribution in [2.24, 2.45) is 10.7 Å². The van der Waals surface area contributed by atoms with Gasteiger partial charge in [0, 0.05) is 16.5 Å². The molecule has 0 radical (unpaired) electrons. The van der Waals surface area contributed by atoms with Gasteiger partial charge >= 0.3 is 0 Å². The van der Waals surface area contributed by atoms with Crippen molar-refractivity contribution in [3.63, 3.8) is 0 Å². The molecule has 1 aliphatic carbocycles. The van der Waals surface area contributed by atoms with Crippen LogP contribution in [0.15, 0.2) is 187 Å². The first-order chi connectivity index (χ1) is 27.0. The first-order valence-corrected chi connectivity index (χ1v) is 19.1. The summed E-state index contributed by atoms with van der Waals surface area (Å²) < 4.78 is 0. The van der Waals surface area contributed by atoms with Crippen LogP contribution in [0.5, 0.6) is 0 Å². The van der Waals surface area contributed by atoms with Gasteiger partial charge in [0.05, 0.1) is 5.70 Å². The highest BCUT2D eigenvalue weighted by Crippen LogP contribution is 2.52. The monoisotopic (exact) mass is 704 g/mol. The lowest BCUT2D eigenvalue weighted by Crippen LogP contribution is -2.15. The van der Waals surface area contributed by atoms with E-state index in [4.69, 9.17) is 10.7 Å². The van der Waals surface area contributed by atoms with Crippen molar-refractivity contribution in [2.75, 3.05) is 0 Å². The highest BCUT2D eigenvalue weighted by molar-refractivity contribution is 6.12. The van der Waals surface area contributed by atoms with Crippen LogP contribution in [-0.4, -0.2) is 5.84 Å². The molecular weight excluding hydrogens is 665 g/mol. The van der Waals surface area contributed by atoms with Crippen LogP contribution >= 0.6 is 0 Å². The van der Waals surface area contributed by atoms with Crippen molar-refractivity contribution in [2.45, 2.75) is 25.7 Å². The summed E-state index contributed by atoms with van der Waals surface area (Å²) in [6, 6.07) is 63.4. The van der Waals surface area contributed by atoms with Gasteiger partial charge in [-0.15, -0.1) is 0 Å². The van der Waals surface area contributed by atoms with Gasteiger partial charge in [0.1, 0.15) is 5.84 Å². The molecule has 0 heterocycles. The van der Waals surface area contributed by atoms with E-state index in [1.54, 1.807) is 0 Å². The second-order valence-electron chi connectivity index (χ2n) is 15.3. The van der Waals surface area contributed by atoms with E-state index in [1.807, 2.05) is 0 Å². The van der Waals surface area contributed by atoms with Crippen LogP contribution in [0.3, 0.4) is 0 Å². The molecule has 0 spiro atoms. The van der Waals surface area contributed by atoms with Crippen LogP contribution in [0.1, 0.15) is 41.7 Å². The lowest BCUT2D eigenvalue weighted by molar-refractivity contribution is 0.666. The molecule has 0 saturated carbocycles. The Hall–Kier alpha value is -6.77. The van der Waals surface area contributed by atoms with Crippen LogP contribution in [0.25, 0.3) is 71.0 Å². The van der Waals surface area contributed by atoms with Gasteiger partial charge in [0.25, 0.3) is 0 Å². The molecule has 2 nitrogen and oxygen atoms in total. The van der Waals surface area contributed by atoms with E-state index in [0.29, 0.717) is 12.3 Å². The van der Waals surface area contributed by atoms with E-state index >= 15 is 0 Å². The van der Waals surface area contributed by atoms with Gasteiger partial charge in [-0.05, 0) is 94.5 Å². The van der Waals surface area contributed by atoms with Crippen LogP contribution < -0.4 is 5.73 Å². The van der Waals surface area contributed by atoms with Crippen molar-refractivity contribution in [3.05, 3.63) is 210 Å². The third kappa shape index (κ3) is 5.44. The Morgan fingerprint density at radius 2 is 1.09 bits per heavy atom. The first kappa shape index (κ1) is 32.8. The smallest absolute Gasteiger partial charge is 0.131 e. The molecule has 10 rings (SSSR count). The number of amidine groups is 1. The summed E-state index contributed by atoms with van der Waals surface area (Å²) in [7, 11) is 0. The molecule has 1 aliphatic rings. The fraction of sp³-hybridized carbons (Fsp3) is 0.0755. The zero-order valence-electron chi connectivity index (χ0n) is 31.1. The molecule has 9 aromatic rings. The summed E-state index contributed by atoms with van der Waals surface area (Å²) in [6.45, 7) is 4.75. The maximum absolute atomic E-state index is 6.98. The summed E-state index contributed by atoms with van der Waals surface area (Å²) >= 11 is 0. The molecule has 0 aromatic heterocycles. The predicted molar refractivity (Wildman–Crippen MR) is 235 cm³/mol. The van der Waals surface area contributed by atoms with Crippen molar-refractivity contribution in [1.29, 1.82) is 0 Å². The lowest BCUT2D eigenvalue weighted by Gasteiger charge is -2.24.